The molecule has 0 fully saturated rings. The van der Waals surface area contributed by atoms with Gasteiger partial charge in [0, 0.05) is 5.02 Å². The molecule has 0 saturated heterocycles. The number of rotatable bonds is 4. The molecule has 0 aliphatic carbocycles. The van der Waals surface area contributed by atoms with E-state index in [4.69, 9.17) is 28.3 Å². The molecule has 2 rings (SSSR count). The Kier molecular flexibility index (Phi) is 4.55. The minimum atomic E-state index is -3.85. The van der Waals surface area contributed by atoms with E-state index in [2.05, 4.69) is 4.72 Å². The highest BCUT2D eigenvalue weighted by atomic mass is 35.5. The van der Waals surface area contributed by atoms with Gasteiger partial charge < -0.3 is 5.11 Å². The van der Waals surface area contributed by atoms with Crippen LogP contribution in [0.3, 0.4) is 0 Å². The van der Waals surface area contributed by atoms with Gasteiger partial charge >= 0.3 is 0 Å². The summed E-state index contributed by atoms with van der Waals surface area (Å²) in [5.74, 6) is 0. The molecule has 0 unspecified atom stereocenters. The largest absolute Gasteiger partial charge is 0.392 e. The summed E-state index contributed by atoms with van der Waals surface area (Å²) >= 11 is 11.7. The number of nitrogens with one attached hydrogen (secondary N) is 1. The molecule has 0 bridgehead atoms. The minimum Gasteiger partial charge on any atom is -0.392 e. The van der Waals surface area contributed by atoms with E-state index in [1.165, 1.54) is 18.2 Å². The number of hydrogen-bond donors (Lipinski definition) is 2. The predicted octanol–water partition coefficient (Wildman–Crippen LogP) is 3.29. The number of aliphatic hydroxyl groups is 1. The first-order valence-corrected chi connectivity index (χ1v) is 7.84. The number of anilines is 1. The van der Waals surface area contributed by atoms with E-state index in [1.807, 2.05) is 0 Å². The van der Waals surface area contributed by atoms with Gasteiger partial charge in [-0.05, 0) is 35.9 Å². The molecule has 0 spiro atoms. The molecule has 0 aliphatic rings. The maximum absolute atomic E-state index is 12.3. The quantitative estimate of drug-likeness (QED) is 0.903. The molecule has 0 amide bonds. The van der Waals surface area contributed by atoms with Crippen LogP contribution in [0.2, 0.25) is 10.0 Å². The zero-order valence-electron chi connectivity index (χ0n) is 10.2. The van der Waals surface area contributed by atoms with E-state index < -0.39 is 10.0 Å². The van der Waals surface area contributed by atoms with Gasteiger partial charge in [0.25, 0.3) is 10.0 Å². The summed E-state index contributed by atoms with van der Waals surface area (Å²) in [5.41, 5.74) is 0.795. The third kappa shape index (κ3) is 3.43. The van der Waals surface area contributed by atoms with Crippen molar-refractivity contribution in [2.75, 3.05) is 4.72 Å². The Morgan fingerprint density at radius 3 is 2.50 bits per heavy atom. The van der Waals surface area contributed by atoms with Gasteiger partial charge in [0.2, 0.25) is 0 Å². The van der Waals surface area contributed by atoms with Gasteiger partial charge in [-0.1, -0.05) is 35.3 Å². The van der Waals surface area contributed by atoms with Crippen LogP contribution in [0.5, 0.6) is 0 Å². The van der Waals surface area contributed by atoms with Crippen molar-refractivity contribution in [3.8, 4) is 0 Å². The van der Waals surface area contributed by atoms with E-state index >= 15 is 0 Å². The number of benzene rings is 2. The first-order valence-electron chi connectivity index (χ1n) is 5.60. The van der Waals surface area contributed by atoms with Crippen LogP contribution in [-0.2, 0) is 16.6 Å². The second-order valence-electron chi connectivity index (χ2n) is 4.04. The van der Waals surface area contributed by atoms with Crippen molar-refractivity contribution in [1.82, 2.24) is 0 Å². The van der Waals surface area contributed by atoms with Crippen molar-refractivity contribution in [3.63, 3.8) is 0 Å². The number of halogens is 2. The summed E-state index contributed by atoms with van der Waals surface area (Å²) in [6.07, 6.45) is 0. The van der Waals surface area contributed by atoms with Crippen LogP contribution >= 0.6 is 23.2 Å². The molecule has 0 radical (unpaired) electrons. The van der Waals surface area contributed by atoms with Gasteiger partial charge in [-0.3, -0.25) is 4.72 Å². The summed E-state index contributed by atoms with van der Waals surface area (Å²) < 4.78 is 27.0. The van der Waals surface area contributed by atoms with Crippen molar-refractivity contribution in [2.45, 2.75) is 11.5 Å². The zero-order chi connectivity index (χ0) is 14.8. The smallest absolute Gasteiger partial charge is 0.263 e. The molecule has 2 aromatic rings. The van der Waals surface area contributed by atoms with Crippen LogP contribution in [0.15, 0.2) is 47.4 Å². The number of sulfonamides is 1. The molecule has 0 saturated carbocycles. The van der Waals surface area contributed by atoms with Gasteiger partial charge in [0.15, 0.2) is 0 Å². The fraction of sp³-hybridized carbons (Fsp3) is 0.0769. The Morgan fingerprint density at radius 1 is 1.10 bits per heavy atom. The van der Waals surface area contributed by atoms with Crippen LogP contribution < -0.4 is 4.72 Å². The highest BCUT2D eigenvalue weighted by molar-refractivity contribution is 7.92. The standard InChI is InChI=1S/C13H11Cl2NO3S/c14-10-2-1-3-11(7-10)16-20(18,19)13-6-9(8-17)4-5-12(13)15/h1-7,16-17H,8H2. The third-order valence-corrected chi connectivity index (χ3v) is 4.64. The molecular weight excluding hydrogens is 321 g/mol. The number of hydrogen-bond acceptors (Lipinski definition) is 3. The fourth-order valence-corrected chi connectivity index (χ4v) is 3.41. The monoisotopic (exact) mass is 331 g/mol. The fourth-order valence-electron chi connectivity index (χ4n) is 1.61. The molecule has 4 nitrogen and oxygen atoms in total. The van der Waals surface area contributed by atoms with E-state index in [0.29, 0.717) is 16.3 Å². The maximum atomic E-state index is 12.3. The summed E-state index contributed by atoms with van der Waals surface area (Å²) in [6, 6.07) is 10.6. The summed E-state index contributed by atoms with van der Waals surface area (Å²) in [5, 5.41) is 9.57. The van der Waals surface area contributed by atoms with Crippen LogP contribution in [-0.4, -0.2) is 13.5 Å². The third-order valence-electron chi connectivity index (χ3n) is 2.54. The Morgan fingerprint density at radius 2 is 1.85 bits per heavy atom. The minimum absolute atomic E-state index is 0.0803. The molecular formula is C13H11Cl2NO3S. The molecule has 106 valence electrons. The van der Waals surface area contributed by atoms with Crippen LogP contribution in [0.1, 0.15) is 5.56 Å². The van der Waals surface area contributed by atoms with E-state index in [1.54, 1.807) is 24.3 Å². The molecule has 20 heavy (non-hydrogen) atoms. The first-order chi connectivity index (χ1) is 9.42. The Bertz CT molecular complexity index is 732. The summed E-state index contributed by atoms with van der Waals surface area (Å²) in [7, 11) is -3.85. The lowest BCUT2D eigenvalue weighted by Gasteiger charge is -2.10. The average molecular weight is 332 g/mol. The van der Waals surface area contributed by atoms with Gasteiger partial charge in [-0.2, -0.15) is 0 Å². The van der Waals surface area contributed by atoms with Crippen molar-refractivity contribution < 1.29 is 13.5 Å². The normalized spacial score (nSPS) is 11.3. The second kappa shape index (κ2) is 6.01. The van der Waals surface area contributed by atoms with Crippen molar-refractivity contribution in [2.24, 2.45) is 0 Å². The molecule has 7 heteroatoms. The van der Waals surface area contributed by atoms with Gasteiger partial charge in [0.05, 0.1) is 17.3 Å². The lowest BCUT2D eigenvalue weighted by atomic mass is 10.2. The lowest BCUT2D eigenvalue weighted by molar-refractivity contribution is 0.281. The van der Waals surface area contributed by atoms with Crippen LogP contribution in [0.25, 0.3) is 0 Å². The molecule has 0 aliphatic heterocycles. The second-order valence-corrected chi connectivity index (χ2v) is 6.53. The predicted molar refractivity (Wildman–Crippen MR) is 79.6 cm³/mol. The highest BCUT2D eigenvalue weighted by Gasteiger charge is 2.18. The molecule has 0 heterocycles. The highest BCUT2D eigenvalue weighted by Crippen LogP contribution is 2.26. The number of aliphatic hydroxyl groups excluding tert-OH is 1. The SMILES string of the molecule is O=S(=O)(Nc1cccc(Cl)c1)c1cc(CO)ccc1Cl. The molecule has 2 aromatic carbocycles. The summed E-state index contributed by atoms with van der Waals surface area (Å²) in [4.78, 5) is -0.0920. The average Bonchev–Trinajstić information content (AvgIpc) is 2.38. The van der Waals surface area contributed by atoms with Crippen molar-refractivity contribution >= 4 is 38.9 Å². The zero-order valence-corrected chi connectivity index (χ0v) is 12.5. The van der Waals surface area contributed by atoms with Crippen molar-refractivity contribution in [1.29, 1.82) is 0 Å². The maximum Gasteiger partial charge on any atom is 0.263 e. The van der Waals surface area contributed by atoms with Gasteiger partial charge in [-0.25, -0.2) is 8.42 Å². The molecule has 2 N–H and O–H groups in total. The Balaban J connectivity index is 2.40. The van der Waals surface area contributed by atoms with Crippen LogP contribution in [0, 0.1) is 0 Å². The lowest BCUT2D eigenvalue weighted by Crippen LogP contribution is -2.13. The van der Waals surface area contributed by atoms with Crippen molar-refractivity contribution in [3.05, 3.63) is 58.1 Å². The topological polar surface area (TPSA) is 66.4 Å². The first kappa shape index (κ1) is 15.1. The Hall–Kier alpha value is -1.27. The van der Waals surface area contributed by atoms with Crippen LogP contribution in [0.4, 0.5) is 5.69 Å². The van der Waals surface area contributed by atoms with E-state index in [0.717, 1.165) is 0 Å². The van der Waals surface area contributed by atoms with E-state index in [9.17, 15) is 8.42 Å². The van der Waals surface area contributed by atoms with E-state index in [-0.39, 0.29) is 16.5 Å². The van der Waals surface area contributed by atoms with Gasteiger partial charge in [0.1, 0.15) is 4.90 Å². The Labute approximate surface area is 127 Å². The van der Waals surface area contributed by atoms with Gasteiger partial charge in [-0.15, -0.1) is 0 Å². The molecule has 0 atom stereocenters. The molecule has 0 aromatic heterocycles. The summed E-state index contributed by atoms with van der Waals surface area (Å²) in [6.45, 7) is -0.267.